The number of halogens is 1. The first-order valence-corrected chi connectivity index (χ1v) is 7.79. The van der Waals surface area contributed by atoms with Gasteiger partial charge in [-0.2, -0.15) is 0 Å². The van der Waals surface area contributed by atoms with Gasteiger partial charge in [0.15, 0.2) is 0 Å². The first-order valence-electron chi connectivity index (χ1n) is 7.41. The van der Waals surface area contributed by atoms with Gasteiger partial charge < -0.3 is 15.3 Å². The summed E-state index contributed by atoms with van der Waals surface area (Å²) in [6, 6.07) is 3.20. The van der Waals surface area contributed by atoms with Crippen LogP contribution in [0.1, 0.15) is 25.7 Å². The van der Waals surface area contributed by atoms with Crippen LogP contribution in [-0.2, 0) is 9.59 Å². The molecule has 2 N–H and O–H groups in total. The smallest absolute Gasteiger partial charge is 0.308 e. The Kier molecular flexibility index (Phi) is 6.15. The van der Waals surface area contributed by atoms with Gasteiger partial charge in [0.1, 0.15) is 5.15 Å². The van der Waals surface area contributed by atoms with Gasteiger partial charge in [-0.1, -0.05) is 18.0 Å². The predicted molar refractivity (Wildman–Crippen MR) is 83.9 cm³/mol. The van der Waals surface area contributed by atoms with Crippen molar-refractivity contribution in [3.05, 3.63) is 23.5 Å². The van der Waals surface area contributed by atoms with Crippen LogP contribution in [0, 0.1) is 5.92 Å². The molecule has 0 unspecified atom stereocenters. The summed E-state index contributed by atoms with van der Waals surface area (Å²) < 4.78 is 0. The molecule has 0 bridgehead atoms. The van der Waals surface area contributed by atoms with Crippen molar-refractivity contribution in [2.24, 2.45) is 5.92 Å². The minimum atomic E-state index is -0.935. The Morgan fingerprint density at radius 1 is 1.32 bits per heavy atom. The Bertz CT molecular complexity index is 515. The van der Waals surface area contributed by atoms with E-state index in [2.05, 4.69) is 15.2 Å². The Morgan fingerprint density at radius 2 is 2.05 bits per heavy atom. The fourth-order valence-electron chi connectivity index (χ4n) is 2.57. The fourth-order valence-corrected chi connectivity index (χ4v) is 2.68. The van der Waals surface area contributed by atoms with Crippen LogP contribution in [0.5, 0.6) is 0 Å². The molecule has 0 aromatic carbocycles. The second-order valence-electron chi connectivity index (χ2n) is 5.52. The number of carbonyl (C=O) groups is 2. The van der Waals surface area contributed by atoms with Gasteiger partial charge in [0, 0.05) is 13.0 Å². The number of anilines is 1. The molecule has 6 nitrogen and oxygen atoms in total. The molecule has 120 valence electrons. The summed E-state index contributed by atoms with van der Waals surface area (Å²) in [5, 5.41) is 12.3. The highest BCUT2D eigenvalue weighted by Crippen LogP contribution is 2.15. The van der Waals surface area contributed by atoms with Gasteiger partial charge in [0.25, 0.3) is 0 Å². The number of pyridine rings is 1. The van der Waals surface area contributed by atoms with Crippen LogP contribution >= 0.6 is 11.6 Å². The molecule has 0 aliphatic carbocycles. The van der Waals surface area contributed by atoms with Crippen molar-refractivity contribution in [2.45, 2.75) is 25.7 Å². The van der Waals surface area contributed by atoms with E-state index in [0.29, 0.717) is 17.4 Å². The van der Waals surface area contributed by atoms with Gasteiger partial charge in [0.05, 0.1) is 17.8 Å². The highest BCUT2D eigenvalue weighted by Gasteiger charge is 2.25. The molecule has 1 amide bonds. The highest BCUT2D eigenvalue weighted by molar-refractivity contribution is 6.29. The Balaban J connectivity index is 1.87. The number of likely N-dealkylation sites (tertiary alicyclic amines) is 1. The Labute approximate surface area is 134 Å². The van der Waals surface area contributed by atoms with Crippen LogP contribution in [0.2, 0.25) is 5.15 Å². The summed E-state index contributed by atoms with van der Waals surface area (Å²) in [5.74, 6) is -1.96. The van der Waals surface area contributed by atoms with Gasteiger partial charge in [-0.05, 0) is 38.1 Å². The molecule has 0 spiro atoms. The maximum atomic E-state index is 12.0. The van der Waals surface area contributed by atoms with Crippen molar-refractivity contribution in [3.63, 3.8) is 0 Å². The van der Waals surface area contributed by atoms with Gasteiger partial charge in [-0.15, -0.1) is 0 Å². The Morgan fingerprint density at radius 3 is 2.64 bits per heavy atom. The summed E-state index contributed by atoms with van der Waals surface area (Å²) >= 11 is 5.68. The van der Waals surface area contributed by atoms with E-state index in [1.165, 1.54) is 12.6 Å². The van der Waals surface area contributed by atoms with E-state index >= 15 is 0 Å². The van der Waals surface area contributed by atoms with E-state index in [0.717, 1.165) is 25.9 Å². The minimum absolute atomic E-state index is 0.0472. The van der Waals surface area contributed by atoms with Crippen molar-refractivity contribution >= 4 is 29.2 Å². The van der Waals surface area contributed by atoms with E-state index in [-0.39, 0.29) is 12.3 Å². The fraction of sp³-hybridized carbons (Fsp3) is 0.533. The van der Waals surface area contributed by atoms with Crippen molar-refractivity contribution in [1.82, 2.24) is 9.88 Å². The molecule has 1 aromatic rings. The maximum Gasteiger partial charge on any atom is 0.308 e. The van der Waals surface area contributed by atoms with Crippen LogP contribution in [0.25, 0.3) is 0 Å². The van der Waals surface area contributed by atoms with Crippen LogP contribution in [0.3, 0.4) is 0 Å². The number of nitrogens with zero attached hydrogens (tertiary/aromatic N) is 2. The molecule has 0 radical (unpaired) electrons. The second kappa shape index (κ2) is 8.10. The zero-order chi connectivity index (χ0) is 15.9. The minimum Gasteiger partial charge on any atom is -0.481 e. The van der Waals surface area contributed by atoms with E-state index < -0.39 is 11.9 Å². The number of piperidine rings is 1. The zero-order valence-corrected chi connectivity index (χ0v) is 13.1. The van der Waals surface area contributed by atoms with Crippen LogP contribution in [-0.4, -0.2) is 46.5 Å². The number of aliphatic carboxylic acids is 1. The number of rotatable bonds is 6. The number of carbonyl (C=O) groups excluding carboxylic acids is 1. The molecule has 2 rings (SSSR count). The summed E-state index contributed by atoms with van der Waals surface area (Å²) in [4.78, 5) is 29.4. The highest BCUT2D eigenvalue weighted by atomic mass is 35.5. The summed E-state index contributed by atoms with van der Waals surface area (Å²) in [5.41, 5.74) is 0.511. The molecule has 1 atom stereocenters. The average molecular weight is 326 g/mol. The van der Waals surface area contributed by atoms with Crippen molar-refractivity contribution in [1.29, 1.82) is 0 Å². The second-order valence-corrected chi connectivity index (χ2v) is 5.91. The molecule has 0 saturated carbocycles. The third kappa shape index (κ3) is 5.27. The zero-order valence-electron chi connectivity index (χ0n) is 12.3. The van der Waals surface area contributed by atoms with Crippen molar-refractivity contribution < 1.29 is 14.7 Å². The molecular weight excluding hydrogens is 306 g/mol. The molecule has 1 saturated heterocycles. The number of nitrogens with one attached hydrogen (secondary N) is 1. The molecule has 1 fully saturated rings. The van der Waals surface area contributed by atoms with Crippen LogP contribution < -0.4 is 5.32 Å². The molecule has 22 heavy (non-hydrogen) atoms. The molecule has 1 aliphatic rings. The van der Waals surface area contributed by atoms with E-state index in [1.807, 2.05) is 0 Å². The Hall–Kier alpha value is -1.66. The van der Waals surface area contributed by atoms with E-state index in [1.54, 1.807) is 12.1 Å². The lowest BCUT2D eigenvalue weighted by Gasteiger charge is -2.28. The van der Waals surface area contributed by atoms with Gasteiger partial charge in [0.2, 0.25) is 5.91 Å². The van der Waals surface area contributed by atoms with Crippen molar-refractivity contribution in [3.8, 4) is 0 Å². The lowest BCUT2D eigenvalue weighted by Crippen LogP contribution is -2.38. The standard InChI is InChI=1S/C15H20ClN3O3/c16-13-5-4-12(9-17-13)18-14(20)8-11(15(21)22)10-19-6-2-1-3-7-19/h4-5,9,11H,1-3,6-8,10H2,(H,18,20)(H,21,22)/t11-/m0/s1. The predicted octanol–water partition coefficient (Wildman–Crippen LogP) is 2.25. The third-order valence-corrected chi connectivity index (χ3v) is 3.94. The van der Waals surface area contributed by atoms with Gasteiger partial charge >= 0.3 is 5.97 Å². The number of aromatic nitrogens is 1. The van der Waals surface area contributed by atoms with Gasteiger partial charge in [-0.25, -0.2) is 4.98 Å². The third-order valence-electron chi connectivity index (χ3n) is 3.72. The van der Waals surface area contributed by atoms with Gasteiger partial charge in [-0.3, -0.25) is 9.59 Å². The number of hydrogen-bond acceptors (Lipinski definition) is 4. The topological polar surface area (TPSA) is 82.5 Å². The first kappa shape index (κ1) is 16.7. The maximum absolute atomic E-state index is 12.0. The lowest BCUT2D eigenvalue weighted by atomic mass is 10.0. The number of amides is 1. The van der Waals surface area contributed by atoms with E-state index in [4.69, 9.17) is 11.6 Å². The summed E-state index contributed by atoms with van der Waals surface area (Å²) in [6.45, 7) is 2.24. The molecular formula is C15H20ClN3O3. The molecule has 2 heterocycles. The first-order chi connectivity index (χ1) is 10.5. The lowest BCUT2D eigenvalue weighted by molar-refractivity contribution is -0.144. The van der Waals surface area contributed by atoms with Crippen LogP contribution in [0.4, 0.5) is 5.69 Å². The molecule has 7 heteroatoms. The van der Waals surface area contributed by atoms with Crippen LogP contribution in [0.15, 0.2) is 18.3 Å². The monoisotopic (exact) mass is 325 g/mol. The summed E-state index contributed by atoms with van der Waals surface area (Å²) in [7, 11) is 0. The normalized spacial score (nSPS) is 17.0. The molecule has 1 aromatic heterocycles. The van der Waals surface area contributed by atoms with Crippen molar-refractivity contribution in [2.75, 3.05) is 25.0 Å². The largest absolute Gasteiger partial charge is 0.481 e. The average Bonchev–Trinajstić information content (AvgIpc) is 2.50. The number of hydrogen-bond donors (Lipinski definition) is 2. The SMILES string of the molecule is O=C(C[C@@H](CN1CCCCC1)C(=O)O)Nc1ccc(Cl)nc1. The number of carboxylic acid groups (broad SMARTS) is 1. The quantitative estimate of drug-likeness (QED) is 0.784. The summed E-state index contributed by atoms with van der Waals surface area (Å²) in [6.07, 6.45) is 4.78. The number of carboxylic acids is 1. The van der Waals surface area contributed by atoms with E-state index in [9.17, 15) is 14.7 Å². The molecule has 1 aliphatic heterocycles.